The summed E-state index contributed by atoms with van der Waals surface area (Å²) in [6.45, 7) is 0.784. The van der Waals surface area contributed by atoms with Gasteiger partial charge < -0.3 is 0 Å². The number of nitrogens with one attached hydrogen (secondary N) is 1. The fourth-order valence-corrected chi connectivity index (χ4v) is 3.02. The Morgan fingerprint density at radius 2 is 2.21 bits per heavy atom. The van der Waals surface area contributed by atoms with Gasteiger partial charge in [0.25, 0.3) is 5.91 Å². The molecule has 0 bridgehead atoms. The molecule has 1 aliphatic heterocycles. The highest BCUT2D eigenvalue weighted by Gasteiger charge is 2.20. The van der Waals surface area contributed by atoms with Gasteiger partial charge in [-0.15, -0.1) is 10.2 Å². The Morgan fingerprint density at radius 1 is 1.37 bits per heavy atom. The van der Waals surface area contributed by atoms with Crippen LogP contribution in [-0.2, 0) is 6.54 Å². The lowest BCUT2D eigenvalue weighted by Gasteiger charge is -2.06. The molecule has 2 heterocycles. The SMILES string of the molecule is O=C(Nc1nnc2n1CCS2)c1cc(Cl)ccc1Cl. The van der Waals surface area contributed by atoms with Crippen molar-refractivity contribution in [2.24, 2.45) is 0 Å². The van der Waals surface area contributed by atoms with E-state index in [9.17, 15) is 4.79 Å². The first-order chi connectivity index (χ1) is 9.15. The van der Waals surface area contributed by atoms with Gasteiger partial charge in [0.05, 0.1) is 10.6 Å². The summed E-state index contributed by atoms with van der Waals surface area (Å²) < 4.78 is 1.86. The second kappa shape index (κ2) is 5.03. The van der Waals surface area contributed by atoms with Crippen LogP contribution < -0.4 is 5.32 Å². The maximum atomic E-state index is 12.1. The van der Waals surface area contributed by atoms with Crippen LogP contribution in [0.1, 0.15) is 10.4 Å². The zero-order valence-corrected chi connectivity index (χ0v) is 11.9. The molecule has 2 aromatic rings. The van der Waals surface area contributed by atoms with Crippen LogP contribution in [0.5, 0.6) is 0 Å². The van der Waals surface area contributed by atoms with Crippen molar-refractivity contribution in [2.75, 3.05) is 11.1 Å². The van der Waals surface area contributed by atoms with E-state index in [0.29, 0.717) is 21.6 Å². The molecule has 0 saturated heterocycles. The Balaban J connectivity index is 1.87. The zero-order chi connectivity index (χ0) is 13.4. The summed E-state index contributed by atoms with van der Waals surface area (Å²) in [6, 6.07) is 4.74. The van der Waals surface area contributed by atoms with Crippen molar-refractivity contribution in [1.82, 2.24) is 14.8 Å². The Bertz CT molecular complexity index is 658. The first kappa shape index (κ1) is 12.8. The van der Waals surface area contributed by atoms with Gasteiger partial charge in [0.1, 0.15) is 0 Å². The average Bonchev–Trinajstić information content (AvgIpc) is 2.97. The summed E-state index contributed by atoms with van der Waals surface area (Å²) in [5.41, 5.74) is 0.317. The molecule has 0 fully saturated rings. The summed E-state index contributed by atoms with van der Waals surface area (Å²) in [7, 11) is 0. The van der Waals surface area contributed by atoms with Gasteiger partial charge in [0.15, 0.2) is 5.16 Å². The van der Waals surface area contributed by atoms with Crippen LogP contribution in [0.15, 0.2) is 23.4 Å². The van der Waals surface area contributed by atoms with Gasteiger partial charge in [-0.25, -0.2) is 0 Å². The van der Waals surface area contributed by atoms with Crippen LogP contribution in [0.4, 0.5) is 5.95 Å². The summed E-state index contributed by atoms with van der Waals surface area (Å²) in [5.74, 6) is 1.02. The van der Waals surface area contributed by atoms with Crippen molar-refractivity contribution in [2.45, 2.75) is 11.7 Å². The van der Waals surface area contributed by atoms with Gasteiger partial charge in [-0.3, -0.25) is 14.7 Å². The number of amides is 1. The van der Waals surface area contributed by atoms with E-state index in [1.54, 1.807) is 23.9 Å². The lowest BCUT2D eigenvalue weighted by atomic mass is 10.2. The molecule has 8 heteroatoms. The van der Waals surface area contributed by atoms with E-state index < -0.39 is 0 Å². The quantitative estimate of drug-likeness (QED) is 0.925. The molecule has 1 amide bonds. The normalized spacial score (nSPS) is 13.4. The molecule has 3 rings (SSSR count). The number of anilines is 1. The van der Waals surface area contributed by atoms with Crippen molar-refractivity contribution < 1.29 is 4.79 Å². The number of hydrogen-bond donors (Lipinski definition) is 1. The second-order valence-electron chi connectivity index (χ2n) is 3.88. The number of carbonyl (C=O) groups excluding carboxylic acids is 1. The van der Waals surface area contributed by atoms with Crippen LogP contribution >= 0.6 is 35.0 Å². The molecular weight excluding hydrogens is 307 g/mol. The molecule has 1 aliphatic rings. The van der Waals surface area contributed by atoms with Crippen molar-refractivity contribution in [3.05, 3.63) is 33.8 Å². The van der Waals surface area contributed by atoms with Gasteiger partial charge >= 0.3 is 0 Å². The summed E-state index contributed by atoms with van der Waals surface area (Å²) in [5, 5.41) is 12.2. The van der Waals surface area contributed by atoms with E-state index in [1.807, 2.05) is 4.57 Å². The Morgan fingerprint density at radius 3 is 3.05 bits per heavy atom. The lowest BCUT2D eigenvalue weighted by molar-refractivity contribution is 0.102. The van der Waals surface area contributed by atoms with Gasteiger partial charge in [-0.1, -0.05) is 35.0 Å². The van der Waals surface area contributed by atoms with Gasteiger partial charge in [-0.05, 0) is 18.2 Å². The van der Waals surface area contributed by atoms with Crippen molar-refractivity contribution in [3.8, 4) is 0 Å². The largest absolute Gasteiger partial charge is 0.290 e. The van der Waals surface area contributed by atoms with Crippen LogP contribution in [0.25, 0.3) is 0 Å². The van der Waals surface area contributed by atoms with E-state index in [4.69, 9.17) is 23.2 Å². The molecule has 0 radical (unpaired) electrons. The monoisotopic (exact) mass is 314 g/mol. The number of carbonyl (C=O) groups is 1. The Kier molecular flexibility index (Phi) is 3.38. The third-order valence-electron chi connectivity index (χ3n) is 2.66. The minimum absolute atomic E-state index is 0.317. The van der Waals surface area contributed by atoms with Crippen LogP contribution in [0.2, 0.25) is 10.0 Å². The molecule has 0 aliphatic carbocycles. The number of nitrogens with zero attached hydrogens (tertiary/aromatic N) is 3. The first-order valence-electron chi connectivity index (χ1n) is 5.47. The number of hydrogen-bond acceptors (Lipinski definition) is 4. The predicted molar refractivity (Wildman–Crippen MR) is 75.2 cm³/mol. The predicted octanol–water partition coefficient (Wildman–Crippen LogP) is 2.94. The molecule has 0 spiro atoms. The smallest absolute Gasteiger partial charge is 0.259 e. The van der Waals surface area contributed by atoms with E-state index >= 15 is 0 Å². The highest BCUT2D eigenvalue weighted by Crippen LogP contribution is 2.27. The number of benzene rings is 1. The number of aromatic nitrogens is 3. The third kappa shape index (κ3) is 2.43. The Hall–Kier alpha value is -1.24. The zero-order valence-electron chi connectivity index (χ0n) is 9.56. The number of halogens is 2. The van der Waals surface area contributed by atoms with Crippen molar-refractivity contribution >= 4 is 46.8 Å². The Labute approximate surface area is 123 Å². The van der Waals surface area contributed by atoms with Crippen molar-refractivity contribution in [1.29, 1.82) is 0 Å². The summed E-state index contributed by atoms with van der Waals surface area (Å²) in [4.78, 5) is 12.1. The summed E-state index contributed by atoms with van der Waals surface area (Å²) in [6.07, 6.45) is 0. The fraction of sp³-hybridized carbons (Fsp3) is 0.182. The minimum atomic E-state index is -0.348. The van der Waals surface area contributed by atoms with Crippen LogP contribution in [0.3, 0.4) is 0 Å². The van der Waals surface area contributed by atoms with Crippen LogP contribution in [-0.4, -0.2) is 26.4 Å². The van der Waals surface area contributed by atoms with Gasteiger partial charge in [-0.2, -0.15) is 0 Å². The topological polar surface area (TPSA) is 59.8 Å². The molecule has 19 heavy (non-hydrogen) atoms. The van der Waals surface area contributed by atoms with Gasteiger partial charge in [0, 0.05) is 17.3 Å². The maximum absolute atomic E-state index is 12.1. The maximum Gasteiger partial charge on any atom is 0.259 e. The molecule has 1 aromatic heterocycles. The molecule has 0 atom stereocenters. The van der Waals surface area contributed by atoms with Crippen LogP contribution in [0, 0.1) is 0 Å². The standard InChI is InChI=1S/C11H8Cl2N4OS/c12-6-1-2-8(13)7(5-6)9(18)14-10-15-16-11-17(10)3-4-19-11/h1-2,5H,3-4H2,(H,14,15,18). The molecule has 1 N–H and O–H groups in total. The van der Waals surface area contributed by atoms with E-state index in [-0.39, 0.29) is 5.91 Å². The number of fused-ring (bicyclic) bond motifs is 1. The summed E-state index contributed by atoms with van der Waals surface area (Å²) >= 11 is 13.5. The van der Waals surface area contributed by atoms with E-state index in [0.717, 1.165) is 17.5 Å². The number of thioether (sulfide) groups is 1. The first-order valence-corrected chi connectivity index (χ1v) is 7.22. The molecule has 0 unspecified atom stereocenters. The second-order valence-corrected chi connectivity index (χ2v) is 5.79. The highest BCUT2D eigenvalue weighted by molar-refractivity contribution is 7.99. The molecular formula is C11H8Cl2N4OS. The minimum Gasteiger partial charge on any atom is -0.290 e. The lowest BCUT2D eigenvalue weighted by Crippen LogP contribution is -2.16. The fourth-order valence-electron chi connectivity index (χ4n) is 1.76. The molecule has 0 saturated carbocycles. The van der Waals surface area contributed by atoms with Crippen molar-refractivity contribution in [3.63, 3.8) is 0 Å². The molecule has 1 aromatic carbocycles. The molecule has 5 nitrogen and oxygen atoms in total. The van der Waals surface area contributed by atoms with Gasteiger partial charge in [0.2, 0.25) is 5.95 Å². The third-order valence-corrected chi connectivity index (χ3v) is 4.17. The highest BCUT2D eigenvalue weighted by atomic mass is 35.5. The number of rotatable bonds is 2. The van der Waals surface area contributed by atoms with E-state index in [2.05, 4.69) is 15.5 Å². The van der Waals surface area contributed by atoms with E-state index in [1.165, 1.54) is 6.07 Å². The average molecular weight is 315 g/mol. The molecule has 98 valence electrons.